The van der Waals surface area contributed by atoms with Gasteiger partial charge in [-0.25, -0.2) is 4.79 Å². The molecule has 2 N–H and O–H groups in total. The van der Waals surface area contributed by atoms with Crippen molar-refractivity contribution >= 4 is 29.1 Å². The predicted molar refractivity (Wildman–Crippen MR) is 80.4 cm³/mol. The van der Waals surface area contributed by atoms with E-state index in [0.29, 0.717) is 0 Å². The molecule has 2 aromatic heterocycles. The molecule has 1 fully saturated rings. The van der Waals surface area contributed by atoms with Crippen LogP contribution in [0.25, 0.3) is 5.65 Å². The first-order valence-corrected chi connectivity index (χ1v) is 7.81. The van der Waals surface area contributed by atoms with Crippen LogP contribution in [-0.2, 0) is 27.0 Å². The van der Waals surface area contributed by atoms with Gasteiger partial charge in [-0.15, -0.1) is 10.2 Å². The Balaban J connectivity index is 1.74. The number of ether oxygens (including phenoxy) is 1. The van der Waals surface area contributed by atoms with Crippen LogP contribution < -0.4 is 5.32 Å². The number of alkyl halides is 3. The Kier molecular flexibility index (Phi) is 4.76. The van der Waals surface area contributed by atoms with Crippen LogP contribution in [0.2, 0.25) is 5.02 Å². The van der Waals surface area contributed by atoms with E-state index in [4.69, 9.17) is 21.4 Å². The smallest absolute Gasteiger partial charge is 0.417 e. The van der Waals surface area contributed by atoms with Crippen LogP contribution in [0, 0.1) is 0 Å². The highest BCUT2D eigenvalue weighted by molar-refractivity contribution is 6.33. The standard InChI is InChI=1S/C14H12ClF3N4O4/c15-7-3-6(14(16,17)18)5-22-10(20-21-11(7)22)4-19-12(23)8-1-2-9(26-8)13(24)25/h3,5,8-9H,1-2,4H2,(H,19,23)(H,24,25). The number of aliphatic carboxylic acids is 1. The zero-order valence-corrected chi connectivity index (χ0v) is 13.7. The fourth-order valence-electron chi connectivity index (χ4n) is 2.57. The summed E-state index contributed by atoms with van der Waals surface area (Å²) < 4.78 is 44.9. The van der Waals surface area contributed by atoms with Crippen LogP contribution in [0.1, 0.15) is 24.2 Å². The molecule has 2 atom stereocenters. The van der Waals surface area contributed by atoms with Crippen molar-refractivity contribution in [2.24, 2.45) is 0 Å². The second-order valence-electron chi connectivity index (χ2n) is 5.63. The highest BCUT2D eigenvalue weighted by atomic mass is 35.5. The number of aromatic nitrogens is 3. The number of carboxylic acids is 1. The van der Waals surface area contributed by atoms with Crippen LogP contribution in [0.3, 0.4) is 0 Å². The minimum Gasteiger partial charge on any atom is -0.479 e. The first-order chi connectivity index (χ1) is 12.2. The number of carbonyl (C=O) groups excluding carboxylic acids is 1. The lowest BCUT2D eigenvalue weighted by atomic mass is 10.2. The molecule has 0 radical (unpaired) electrons. The zero-order valence-electron chi connectivity index (χ0n) is 13.0. The molecule has 0 aliphatic carbocycles. The second kappa shape index (κ2) is 6.72. The van der Waals surface area contributed by atoms with E-state index in [1.165, 1.54) is 0 Å². The zero-order chi connectivity index (χ0) is 19.1. The minimum absolute atomic E-state index is 0.0203. The van der Waals surface area contributed by atoms with Crippen molar-refractivity contribution < 1.29 is 32.6 Å². The van der Waals surface area contributed by atoms with Gasteiger partial charge in [-0.05, 0) is 18.9 Å². The van der Waals surface area contributed by atoms with Crippen molar-refractivity contribution in [3.05, 3.63) is 28.7 Å². The van der Waals surface area contributed by atoms with E-state index in [9.17, 15) is 22.8 Å². The Hall–Kier alpha value is -2.40. The van der Waals surface area contributed by atoms with Crippen molar-refractivity contribution in [1.29, 1.82) is 0 Å². The Bertz CT molecular complexity index is 870. The Morgan fingerprint density at radius 3 is 2.65 bits per heavy atom. The Labute approximate surface area is 148 Å². The lowest BCUT2D eigenvalue weighted by Crippen LogP contribution is -2.35. The molecule has 3 rings (SSSR count). The third-order valence-corrected chi connectivity index (χ3v) is 4.14. The average molecular weight is 393 g/mol. The van der Waals surface area contributed by atoms with Crippen LogP contribution in [0.4, 0.5) is 13.2 Å². The van der Waals surface area contributed by atoms with Crippen LogP contribution >= 0.6 is 11.6 Å². The van der Waals surface area contributed by atoms with Gasteiger partial charge in [0.15, 0.2) is 17.6 Å². The number of rotatable bonds is 4. The number of nitrogens with zero attached hydrogens (tertiary/aromatic N) is 3. The van der Waals surface area contributed by atoms with E-state index in [2.05, 4.69) is 15.5 Å². The molecule has 0 saturated carbocycles. The number of carbonyl (C=O) groups is 2. The minimum atomic E-state index is -4.61. The van der Waals surface area contributed by atoms with Crippen LogP contribution in [0.5, 0.6) is 0 Å². The summed E-state index contributed by atoms with van der Waals surface area (Å²) in [5, 5.41) is 18.5. The molecule has 3 heterocycles. The van der Waals surface area contributed by atoms with E-state index in [-0.39, 0.29) is 35.9 Å². The topological polar surface area (TPSA) is 106 Å². The largest absolute Gasteiger partial charge is 0.479 e. The highest BCUT2D eigenvalue weighted by Crippen LogP contribution is 2.32. The molecule has 2 unspecified atom stereocenters. The van der Waals surface area contributed by atoms with Gasteiger partial charge in [-0.2, -0.15) is 13.2 Å². The molecule has 140 valence electrons. The van der Waals surface area contributed by atoms with E-state index in [1.54, 1.807) is 0 Å². The fraction of sp³-hybridized carbons (Fsp3) is 0.429. The van der Waals surface area contributed by atoms with Crippen molar-refractivity contribution in [3.63, 3.8) is 0 Å². The van der Waals surface area contributed by atoms with Crippen molar-refractivity contribution in [2.45, 2.75) is 37.8 Å². The van der Waals surface area contributed by atoms with Gasteiger partial charge >= 0.3 is 12.1 Å². The molecule has 8 nitrogen and oxygen atoms in total. The molecule has 0 aromatic carbocycles. The SMILES string of the molecule is O=C(O)C1CCC(C(=O)NCc2nnc3c(Cl)cc(C(F)(F)F)cn23)O1. The summed E-state index contributed by atoms with van der Waals surface area (Å²) >= 11 is 5.81. The number of carboxylic acid groups (broad SMARTS) is 1. The number of amides is 1. The van der Waals surface area contributed by atoms with E-state index < -0.39 is 35.8 Å². The average Bonchev–Trinajstić information content (AvgIpc) is 3.19. The Morgan fingerprint density at radius 2 is 2.04 bits per heavy atom. The quantitative estimate of drug-likeness (QED) is 0.819. The van der Waals surface area contributed by atoms with Gasteiger partial charge in [-0.1, -0.05) is 11.6 Å². The summed E-state index contributed by atoms with van der Waals surface area (Å²) in [4.78, 5) is 22.9. The Morgan fingerprint density at radius 1 is 1.35 bits per heavy atom. The monoisotopic (exact) mass is 392 g/mol. The molecular formula is C14H12ClF3N4O4. The third kappa shape index (κ3) is 3.58. The van der Waals surface area contributed by atoms with E-state index >= 15 is 0 Å². The molecule has 1 amide bonds. The summed E-state index contributed by atoms with van der Waals surface area (Å²) in [5.74, 6) is -1.70. The summed E-state index contributed by atoms with van der Waals surface area (Å²) in [6.45, 7) is -0.227. The molecule has 12 heteroatoms. The molecule has 26 heavy (non-hydrogen) atoms. The summed E-state index contributed by atoms with van der Waals surface area (Å²) in [6, 6.07) is 0.742. The first kappa shape index (κ1) is 18.4. The molecule has 0 bridgehead atoms. The number of nitrogens with one attached hydrogen (secondary N) is 1. The van der Waals surface area contributed by atoms with Crippen molar-refractivity contribution in [1.82, 2.24) is 19.9 Å². The van der Waals surface area contributed by atoms with Gasteiger partial charge in [0.25, 0.3) is 0 Å². The third-order valence-electron chi connectivity index (χ3n) is 3.87. The molecule has 0 spiro atoms. The van der Waals surface area contributed by atoms with Crippen molar-refractivity contribution in [3.8, 4) is 0 Å². The van der Waals surface area contributed by atoms with E-state index in [1.807, 2.05) is 0 Å². The molecule has 2 aromatic rings. The maximum absolute atomic E-state index is 12.9. The van der Waals surface area contributed by atoms with Crippen LogP contribution in [0.15, 0.2) is 12.3 Å². The molecule has 1 saturated heterocycles. The van der Waals surface area contributed by atoms with Crippen molar-refractivity contribution in [2.75, 3.05) is 0 Å². The van der Waals surface area contributed by atoms with Gasteiger partial charge in [0.1, 0.15) is 6.10 Å². The highest BCUT2D eigenvalue weighted by Gasteiger charge is 2.35. The van der Waals surface area contributed by atoms with Gasteiger partial charge in [0, 0.05) is 6.20 Å². The molecule has 1 aliphatic heterocycles. The lowest BCUT2D eigenvalue weighted by molar-refractivity contribution is -0.151. The lowest BCUT2D eigenvalue weighted by Gasteiger charge is -2.12. The number of pyridine rings is 1. The maximum Gasteiger partial charge on any atom is 0.417 e. The summed E-state index contributed by atoms with van der Waals surface area (Å²) in [5.41, 5.74) is -0.960. The number of fused-ring (bicyclic) bond motifs is 1. The van der Waals surface area contributed by atoms with Gasteiger partial charge < -0.3 is 15.2 Å². The number of hydrogen-bond donors (Lipinski definition) is 2. The first-order valence-electron chi connectivity index (χ1n) is 7.43. The van der Waals surface area contributed by atoms with Gasteiger partial charge in [-0.3, -0.25) is 9.20 Å². The number of hydrogen-bond acceptors (Lipinski definition) is 5. The summed E-state index contributed by atoms with van der Waals surface area (Å²) in [6.07, 6.45) is -5.38. The fourth-order valence-corrected chi connectivity index (χ4v) is 2.81. The van der Waals surface area contributed by atoms with E-state index in [0.717, 1.165) is 16.7 Å². The van der Waals surface area contributed by atoms with Crippen LogP contribution in [-0.4, -0.2) is 43.8 Å². The molecule has 1 aliphatic rings. The maximum atomic E-state index is 12.9. The van der Waals surface area contributed by atoms with Gasteiger partial charge in [0.2, 0.25) is 5.91 Å². The number of halogens is 4. The normalized spacial score (nSPS) is 20.5. The predicted octanol–water partition coefficient (Wildman–Crippen LogP) is 1.65. The second-order valence-corrected chi connectivity index (χ2v) is 6.04. The van der Waals surface area contributed by atoms with Gasteiger partial charge in [0.05, 0.1) is 17.1 Å². The molecular weight excluding hydrogens is 381 g/mol. The summed E-state index contributed by atoms with van der Waals surface area (Å²) in [7, 11) is 0.